The van der Waals surface area contributed by atoms with E-state index in [-0.39, 0.29) is 30.2 Å². The molecule has 0 unspecified atom stereocenters. The number of carbonyl (C=O) groups is 2. The molecular weight excluding hydrogens is 291 g/mol. The molecule has 0 heterocycles. The second-order valence-corrected chi connectivity index (χ2v) is 4.39. The van der Waals surface area contributed by atoms with Crippen LogP contribution in [0.1, 0.15) is 29.6 Å². The Morgan fingerprint density at radius 2 is 2.06 bits per heavy atom. The molecule has 0 radical (unpaired) electrons. The number of ether oxygens (including phenoxy) is 1. The topological polar surface area (TPSA) is 43.4 Å². The third-order valence-electron chi connectivity index (χ3n) is 2.24. The number of benzene rings is 1. The van der Waals surface area contributed by atoms with Crippen LogP contribution in [0.5, 0.6) is 0 Å². The van der Waals surface area contributed by atoms with E-state index in [1.165, 1.54) is 25.3 Å². The summed E-state index contributed by atoms with van der Waals surface area (Å²) in [5.41, 5.74) is 0.0456. The minimum absolute atomic E-state index is 0.0456. The van der Waals surface area contributed by atoms with Gasteiger partial charge in [-0.3, -0.25) is 9.59 Å². The molecule has 0 aliphatic heterocycles. The molecule has 0 N–H and O–H groups in total. The maximum absolute atomic E-state index is 13.3. The van der Waals surface area contributed by atoms with Crippen LogP contribution in [-0.2, 0) is 9.53 Å². The van der Waals surface area contributed by atoms with Gasteiger partial charge in [0.2, 0.25) is 0 Å². The van der Waals surface area contributed by atoms with E-state index in [1.54, 1.807) is 0 Å². The Hall–Kier alpha value is -1.23. The number of carbonyl (C=O) groups excluding carboxylic acids is 2. The third-order valence-corrected chi connectivity index (χ3v) is 2.73. The van der Waals surface area contributed by atoms with Gasteiger partial charge < -0.3 is 4.74 Å². The van der Waals surface area contributed by atoms with Crippen LogP contribution in [0.4, 0.5) is 4.39 Å². The number of esters is 1. The first-order valence-electron chi connectivity index (χ1n) is 5.09. The smallest absolute Gasteiger partial charge is 0.305 e. The zero-order valence-electron chi connectivity index (χ0n) is 9.33. The van der Waals surface area contributed by atoms with E-state index in [4.69, 9.17) is 0 Å². The zero-order chi connectivity index (χ0) is 12.8. The number of rotatable bonds is 5. The van der Waals surface area contributed by atoms with Crippen molar-refractivity contribution in [1.82, 2.24) is 0 Å². The lowest BCUT2D eigenvalue weighted by molar-refractivity contribution is -0.140. The molecule has 0 aromatic heterocycles. The maximum Gasteiger partial charge on any atom is 0.305 e. The number of ketones is 1. The molecule has 5 heteroatoms. The number of methoxy groups -OCH3 is 1. The lowest BCUT2D eigenvalue weighted by Crippen LogP contribution is -2.05. The third kappa shape index (κ3) is 4.26. The summed E-state index contributed by atoms with van der Waals surface area (Å²) in [4.78, 5) is 22.5. The molecule has 0 atom stereocenters. The van der Waals surface area contributed by atoms with Crippen molar-refractivity contribution in [1.29, 1.82) is 0 Å². The van der Waals surface area contributed by atoms with E-state index in [1.807, 2.05) is 0 Å². The van der Waals surface area contributed by atoms with Crippen LogP contribution in [-0.4, -0.2) is 18.9 Å². The second kappa shape index (κ2) is 6.49. The highest BCUT2D eigenvalue weighted by atomic mass is 79.9. The van der Waals surface area contributed by atoms with Gasteiger partial charge in [0.25, 0.3) is 0 Å². The first-order valence-corrected chi connectivity index (χ1v) is 5.89. The lowest BCUT2D eigenvalue weighted by Gasteiger charge is -2.03. The van der Waals surface area contributed by atoms with Gasteiger partial charge in [-0.1, -0.05) is 15.9 Å². The Labute approximate surface area is 107 Å². The van der Waals surface area contributed by atoms with Crippen molar-refractivity contribution in [3.8, 4) is 0 Å². The summed E-state index contributed by atoms with van der Waals surface area (Å²) in [6.07, 6.45) is 0.651. The molecule has 17 heavy (non-hydrogen) atoms. The average Bonchev–Trinajstić information content (AvgIpc) is 2.31. The number of Topliss-reactive ketones (excluding diaryl/α,β-unsaturated/α-hetero) is 1. The molecule has 0 aliphatic carbocycles. The molecule has 0 spiro atoms. The molecule has 1 rings (SSSR count). The van der Waals surface area contributed by atoms with Gasteiger partial charge in [-0.25, -0.2) is 4.39 Å². The summed E-state index contributed by atoms with van der Waals surface area (Å²) in [6.45, 7) is 0. The normalized spacial score (nSPS) is 10.1. The van der Waals surface area contributed by atoms with Crippen LogP contribution >= 0.6 is 15.9 Å². The van der Waals surface area contributed by atoms with Crippen molar-refractivity contribution in [2.45, 2.75) is 19.3 Å². The lowest BCUT2D eigenvalue weighted by atomic mass is 10.1. The van der Waals surface area contributed by atoms with E-state index >= 15 is 0 Å². The van der Waals surface area contributed by atoms with E-state index in [9.17, 15) is 14.0 Å². The van der Waals surface area contributed by atoms with Crippen LogP contribution in [0.2, 0.25) is 0 Å². The van der Waals surface area contributed by atoms with Gasteiger partial charge in [-0.15, -0.1) is 0 Å². The second-order valence-electron chi connectivity index (χ2n) is 3.48. The van der Waals surface area contributed by atoms with Gasteiger partial charge in [0.15, 0.2) is 5.78 Å². The van der Waals surface area contributed by atoms with Crippen LogP contribution in [0.3, 0.4) is 0 Å². The fourth-order valence-corrected chi connectivity index (χ4v) is 1.70. The summed E-state index contributed by atoms with van der Waals surface area (Å²) < 4.78 is 18.4. The molecule has 1 aromatic carbocycles. The van der Waals surface area contributed by atoms with Gasteiger partial charge in [0, 0.05) is 17.3 Å². The summed E-state index contributed by atoms with van der Waals surface area (Å²) in [5, 5.41) is 0. The van der Waals surface area contributed by atoms with Crippen molar-refractivity contribution in [3.63, 3.8) is 0 Å². The fourth-order valence-electron chi connectivity index (χ4n) is 1.34. The summed E-state index contributed by atoms with van der Waals surface area (Å²) in [7, 11) is 1.29. The Morgan fingerprint density at radius 3 is 2.71 bits per heavy atom. The number of hydrogen-bond acceptors (Lipinski definition) is 3. The molecule has 0 fully saturated rings. The Kier molecular flexibility index (Phi) is 5.28. The largest absolute Gasteiger partial charge is 0.469 e. The minimum atomic E-state index is -0.545. The first-order chi connectivity index (χ1) is 8.04. The van der Waals surface area contributed by atoms with Gasteiger partial charge >= 0.3 is 5.97 Å². The Morgan fingerprint density at radius 1 is 1.35 bits per heavy atom. The molecular formula is C12H12BrFO3. The van der Waals surface area contributed by atoms with Crippen LogP contribution in [0.15, 0.2) is 22.7 Å². The monoisotopic (exact) mass is 302 g/mol. The van der Waals surface area contributed by atoms with Crippen LogP contribution < -0.4 is 0 Å². The molecule has 0 aliphatic rings. The SMILES string of the molecule is COC(=O)CCCC(=O)c1cc(Br)ccc1F. The van der Waals surface area contributed by atoms with Gasteiger partial charge in [-0.2, -0.15) is 0 Å². The zero-order valence-corrected chi connectivity index (χ0v) is 10.9. The number of hydrogen-bond donors (Lipinski definition) is 0. The molecule has 0 saturated carbocycles. The van der Waals surface area contributed by atoms with Gasteiger partial charge in [0.05, 0.1) is 12.7 Å². The quantitative estimate of drug-likeness (QED) is 0.620. The molecule has 0 amide bonds. The average molecular weight is 303 g/mol. The van der Waals surface area contributed by atoms with E-state index in [0.29, 0.717) is 10.9 Å². The predicted molar refractivity (Wildman–Crippen MR) is 64.3 cm³/mol. The molecule has 3 nitrogen and oxygen atoms in total. The van der Waals surface area contributed by atoms with Crippen molar-refractivity contribution in [3.05, 3.63) is 34.1 Å². The van der Waals surface area contributed by atoms with Crippen LogP contribution in [0.25, 0.3) is 0 Å². The van der Waals surface area contributed by atoms with Crippen LogP contribution in [0, 0.1) is 5.82 Å². The summed E-state index contributed by atoms with van der Waals surface area (Å²) in [5.74, 6) is -1.23. The van der Waals surface area contributed by atoms with Gasteiger partial charge in [0.1, 0.15) is 5.82 Å². The minimum Gasteiger partial charge on any atom is -0.469 e. The predicted octanol–water partition coefficient (Wildman–Crippen LogP) is 3.11. The molecule has 1 aromatic rings. The Bertz CT molecular complexity index is 432. The first kappa shape index (κ1) is 13.8. The van der Waals surface area contributed by atoms with Crippen molar-refractivity contribution in [2.75, 3.05) is 7.11 Å². The van der Waals surface area contributed by atoms with Crippen molar-refractivity contribution < 1.29 is 18.7 Å². The highest BCUT2D eigenvalue weighted by molar-refractivity contribution is 9.10. The highest BCUT2D eigenvalue weighted by Crippen LogP contribution is 2.17. The Balaban J connectivity index is 2.58. The maximum atomic E-state index is 13.3. The van der Waals surface area contributed by atoms with E-state index < -0.39 is 5.82 Å². The van der Waals surface area contributed by atoms with E-state index in [0.717, 1.165) is 0 Å². The standard InChI is InChI=1S/C12H12BrFO3/c1-17-12(16)4-2-3-11(15)9-7-8(13)5-6-10(9)14/h5-7H,2-4H2,1H3. The molecule has 0 saturated heterocycles. The molecule has 92 valence electrons. The molecule has 0 bridgehead atoms. The van der Waals surface area contributed by atoms with Crippen molar-refractivity contribution in [2.24, 2.45) is 0 Å². The summed E-state index contributed by atoms with van der Waals surface area (Å²) in [6, 6.07) is 4.20. The fraction of sp³-hybridized carbons (Fsp3) is 0.333. The number of halogens is 2. The van der Waals surface area contributed by atoms with Gasteiger partial charge in [-0.05, 0) is 24.6 Å². The highest BCUT2D eigenvalue weighted by Gasteiger charge is 2.12. The van der Waals surface area contributed by atoms with E-state index in [2.05, 4.69) is 20.7 Å². The van der Waals surface area contributed by atoms with Crippen molar-refractivity contribution >= 4 is 27.7 Å². The summed E-state index contributed by atoms with van der Waals surface area (Å²) >= 11 is 3.17.